The molecular weight excluding hydrogens is 190 g/mol. The van der Waals surface area contributed by atoms with Gasteiger partial charge in [0.2, 0.25) is 0 Å². The molecule has 1 aliphatic rings. The Hall–Kier alpha value is -0.120. The predicted octanol–water partition coefficient (Wildman–Crippen LogP) is 1.70. The van der Waals surface area contributed by atoms with Gasteiger partial charge in [-0.25, -0.2) is 0 Å². The Morgan fingerprint density at radius 3 is 2.60 bits per heavy atom. The summed E-state index contributed by atoms with van der Waals surface area (Å²) in [6.07, 6.45) is 5.57. The van der Waals surface area contributed by atoms with E-state index in [2.05, 4.69) is 12.2 Å². The highest BCUT2D eigenvalue weighted by molar-refractivity contribution is 4.94. The summed E-state index contributed by atoms with van der Waals surface area (Å²) in [4.78, 5) is 0. The zero-order valence-electron chi connectivity index (χ0n) is 10.1. The molecular formula is C12H25NO2. The van der Waals surface area contributed by atoms with Crippen molar-refractivity contribution in [3.8, 4) is 0 Å². The monoisotopic (exact) mass is 215 g/mol. The Labute approximate surface area is 93.2 Å². The summed E-state index contributed by atoms with van der Waals surface area (Å²) in [6.45, 7) is 6.00. The Bertz CT molecular complexity index is 165. The van der Waals surface area contributed by atoms with Crippen LogP contribution in [0.1, 0.15) is 46.0 Å². The molecule has 1 rings (SSSR count). The highest BCUT2D eigenvalue weighted by Crippen LogP contribution is 2.26. The second-order valence-electron chi connectivity index (χ2n) is 4.51. The van der Waals surface area contributed by atoms with Crippen molar-refractivity contribution >= 4 is 0 Å². The van der Waals surface area contributed by atoms with Gasteiger partial charge >= 0.3 is 0 Å². The molecule has 2 N–H and O–H groups in total. The summed E-state index contributed by atoms with van der Waals surface area (Å²) in [5, 5.41) is 13.1. The van der Waals surface area contributed by atoms with Gasteiger partial charge in [-0.05, 0) is 39.0 Å². The first-order chi connectivity index (χ1) is 7.26. The van der Waals surface area contributed by atoms with Gasteiger partial charge in [-0.1, -0.05) is 6.92 Å². The van der Waals surface area contributed by atoms with E-state index in [-0.39, 0.29) is 12.1 Å². The molecule has 0 amide bonds. The molecule has 0 aliphatic heterocycles. The molecule has 90 valence electrons. The standard InChI is InChI=1S/C12H25NO2/c1-3-12(10-14,13-11-6-7-11)8-5-9-15-4-2/h11,13-14H,3-10H2,1-2H3. The van der Waals surface area contributed by atoms with Crippen LogP contribution in [-0.4, -0.2) is 36.5 Å². The number of hydrogen-bond acceptors (Lipinski definition) is 3. The van der Waals surface area contributed by atoms with E-state index < -0.39 is 0 Å². The molecule has 0 bridgehead atoms. The lowest BCUT2D eigenvalue weighted by atomic mass is 9.91. The summed E-state index contributed by atoms with van der Waals surface area (Å²) >= 11 is 0. The molecule has 0 spiro atoms. The molecule has 1 atom stereocenters. The van der Waals surface area contributed by atoms with Crippen molar-refractivity contribution in [2.24, 2.45) is 0 Å². The third kappa shape index (κ3) is 4.49. The fourth-order valence-electron chi connectivity index (χ4n) is 1.91. The van der Waals surface area contributed by atoms with Crippen LogP contribution < -0.4 is 5.32 Å². The average molecular weight is 215 g/mol. The zero-order chi connectivity index (χ0) is 11.1. The number of nitrogens with one attached hydrogen (secondary N) is 1. The predicted molar refractivity (Wildman–Crippen MR) is 62.0 cm³/mol. The van der Waals surface area contributed by atoms with E-state index in [1.807, 2.05) is 6.92 Å². The first kappa shape index (κ1) is 12.9. The topological polar surface area (TPSA) is 41.5 Å². The highest BCUT2D eigenvalue weighted by atomic mass is 16.5. The Morgan fingerprint density at radius 2 is 2.13 bits per heavy atom. The highest BCUT2D eigenvalue weighted by Gasteiger charge is 2.33. The van der Waals surface area contributed by atoms with Gasteiger partial charge in [0.05, 0.1) is 6.61 Å². The van der Waals surface area contributed by atoms with Gasteiger partial charge in [-0.2, -0.15) is 0 Å². The van der Waals surface area contributed by atoms with Crippen molar-refractivity contribution in [3.05, 3.63) is 0 Å². The largest absolute Gasteiger partial charge is 0.394 e. The Kier molecular flexibility index (Phi) is 5.58. The van der Waals surface area contributed by atoms with E-state index in [1.54, 1.807) is 0 Å². The molecule has 0 aromatic heterocycles. The van der Waals surface area contributed by atoms with Crippen LogP contribution in [0.15, 0.2) is 0 Å². The molecule has 3 nitrogen and oxygen atoms in total. The summed E-state index contributed by atoms with van der Waals surface area (Å²) in [5.41, 5.74) is -0.0573. The van der Waals surface area contributed by atoms with Crippen LogP contribution in [0.25, 0.3) is 0 Å². The first-order valence-electron chi connectivity index (χ1n) is 6.22. The van der Waals surface area contributed by atoms with Gasteiger partial charge in [-0.15, -0.1) is 0 Å². The van der Waals surface area contributed by atoms with E-state index in [0.29, 0.717) is 6.04 Å². The third-order valence-corrected chi connectivity index (χ3v) is 3.22. The van der Waals surface area contributed by atoms with E-state index in [1.165, 1.54) is 12.8 Å². The number of hydrogen-bond donors (Lipinski definition) is 2. The summed E-state index contributed by atoms with van der Waals surface area (Å²) in [6, 6.07) is 0.657. The van der Waals surface area contributed by atoms with E-state index >= 15 is 0 Å². The van der Waals surface area contributed by atoms with Crippen molar-refractivity contribution in [1.82, 2.24) is 5.32 Å². The van der Waals surface area contributed by atoms with Gasteiger partial charge < -0.3 is 15.2 Å². The molecule has 1 saturated carbocycles. The molecule has 0 aromatic carbocycles. The molecule has 0 aromatic rings. The maximum absolute atomic E-state index is 9.51. The molecule has 1 unspecified atom stereocenters. The van der Waals surface area contributed by atoms with Gasteiger partial charge in [0.25, 0.3) is 0 Å². The van der Waals surface area contributed by atoms with Crippen molar-refractivity contribution in [3.63, 3.8) is 0 Å². The Balaban J connectivity index is 2.26. The lowest BCUT2D eigenvalue weighted by molar-refractivity contribution is 0.108. The fourth-order valence-corrected chi connectivity index (χ4v) is 1.91. The normalized spacial score (nSPS) is 20.2. The number of aliphatic hydroxyl groups is 1. The van der Waals surface area contributed by atoms with Crippen LogP contribution in [0, 0.1) is 0 Å². The average Bonchev–Trinajstić information content (AvgIpc) is 3.06. The van der Waals surface area contributed by atoms with E-state index in [9.17, 15) is 5.11 Å². The van der Waals surface area contributed by atoms with E-state index in [0.717, 1.165) is 32.5 Å². The van der Waals surface area contributed by atoms with Gasteiger partial charge in [0.15, 0.2) is 0 Å². The number of ether oxygens (including phenoxy) is 1. The van der Waals surface area contributed by atoms with Crippen molar-refractivity contribution in [2.45, 2.75) is 57.5 Å². The van der Waals surface area contributed by atoms with Crippen LogP contribution >= 0.6 is 0 Å². The van der Waals surface area contributed by atoms with Crippen molar-refractivity contribution in [2.75, 3.05) is 19.8 Å². The van der Waals surface area contributed by atoms with Crippen LogP contribution in [0.2, 0.25) is 0 Å². The molecule has 0 heterocycles. The second kappa shape index (κ2) is 6.46. The smallest absolute Gasteiger partial charge is 0.0613 e. The fraction of sp³-hybridized carbons (Fsp3) is 1.00. The SMILES string of the molecule is CCOCCCC(CC)(CO)NC1CC1. The third-order valence-electron chi connectivity index (χ3n) is 3.22. The van der Waals surface area contributed by atoms with Gasteiger partial charge in [0, 0.05) is 24.8 Å². The lowest BCUT2D eigenvalue weighted by Crippen LogP contribution is -2.49. The quantitative estimate of drug-likeness (QED) is 0.575. The maximum atomic E-state index is 9.51. The van der Waals surface area contributed by atoms with Crippen LogP contribution in [0.3, 0.4) is 0 Å². The number of aliphatic hydroxyl groups excluding tert-OH is 1. The molecule has 3 heteroatoms. The molecule has 15 heavy (non-hydrogen) atoms. The minimum absolute atomic E-state index is 0.0573. The molecule has 1 aliphatic carbocycles. The summed E-state index contributed by atoms with van der Waals surface area (Å²) in [7, 11) is 0. The van der Waals surface area contributed by atoms with Gasteiger partial charge in [-0.3, -0.25) is 0 Å². The van der Waals surface area contributed by atoms with E-state index in [4.69, 9.17) is 4.74 Å². The van der Waals surface area contributed by atoms with Gasteiger partial charge in [0.1, 0.15) is 0 Å². The molecule has 1 fully saturated rings. The lowest BCUT2D eigenvalue weighted by Gasteiger charge is -2.32. The van der Waals surface area contributed by atoms with Crippen LogP contribution in [0.5, 0.6) is 0 Å². The molecule has 0 radical (unpaired) electrons. The first-order valence-corrected chi connectivity index (χ1v) is 6.22. The number of rotatable bonds is 9. The zero-order valence-corrected chi connectivity index (χ0v) is 10.1. The minimum Gasteiger partial charge on any atom is -0.394 e. The maximum Gasteiger partial charge on any atom is 0.0613 e. The van der Waals surface area contributed by atoms with Crippen LogP contribution in [-0.2, 0) is 4.74 Å². The summed E-state index contributed by atoms with van der Waals surface area (Å²) in [5.74, 6) is 0. The molecule has 0 saturated heterocycles. The summed E-state index contributed by atoms with van der Waals surface area (Å²) < 4.78 is 5.33. The van der Waals surface area contributed by atoms with Crippen molar-refractivity contribution in [1.29, 1.82) is 0 Å². The van der Waals surface area contributed by atoms with Crippen molar-refractivity contribution < 1.29 is 9.84 Å². The van der Waals surface area contributed by atoms with Crippen LogP contribution in [0.4, 0.5) is 0 Å². The minimum atomic E-state index is -0.0573. The second-order valence-corrected chi connectivity index (χ2v) is 4.51. The Morgan fingerprint density at radius 1 is 1.40 bits per heavy atom.